The van der Waals surface area contributed by atoms with E-state index in [1.807, 2.05) is 45.0 Å². The topological polar surface area (TPSA) is 38.3 Å². The fourth-order valence-electron chi connectivity index (χ4n) is 2.80. The SMILES string of the molecule is CC(C)Oc1ccccc1C(C)NC(=O)C1CCCC1. The number of rotatable bonds is 5. The zero-order chi connectivity index (χ0) is 14.5. The molecule has 1 aliphatic carbocycles. The van der Waals surface area contributed by atoms with Crippen LogP contribution in [0.2, 0.25) is 0 Å². The summed E-state index contributed by atoms with van der Waals surface area (Å²) >= 11 is 0. The van der Waals surface area contributed by atoms with E-state index in [9.17, 15) is 4.79 Å². The van der Waals surface area contributed by atoms with Crippen molar-refractivity contribution in [2.75, 3.05) is 0 Å². The number of hydrogen-bond donors (Lipinski definition) is 1. The second-order valence-corrected chi connectivity index (χ2v) is 5.92. The molecule has 1 fully saturated rings. The molecule has 20 heavy (non-hydrogen) atoms. The summed E-state index contributed by atoms with van der Waals surface area (Å²) in [6.45, 7) is 6.05. The summed E-state index contributed by atoms with van der Waals surface area (Å²) in [5.41, 5.74) is 1.05. The first kappa shape index (κ1) is 14.9. The van der Waals surface area contributed by atoms with E-state index in [1.54, 1.807) is 0 Å². The highest BCUT2D eigenvalue weighted by atomic mass is 16.5. The van der Waals surface area contributed by atoms with Crippen molar-refractivity contribution in [2.24, 2.45) is 5.92 Å². The van der Waals surface area contributed by atoms with Crippen molar-refractivity contribution < 1.29 is 9.53 Å². The van der Waals surface area contributed by atoms with Gasteiger partial charge >= 0.3 is 0 Å². The van der Waals surface area contributed by atoms with E-state index >= 15 is 0 Å². The number of para-hydroxylation sites is 1. The maximum Gasteiger partial charge on any atom is 0.223 e. The molecule has 1 unspecified atom stereocenters. The Kier molecular flexibility index (Phi) is 5.05. The summed E-state index contributed by atoms with van der Waals surface area (Å²) in [5, 5.41) is 3.13. The summed E-state index contributed by atoms with van der Waals surface area (Å²) < 4.78 is 5.82. The molecule has 0 saturated heterocycles. The molecule has 2 rings (SSSR count). The van der Waals surface area contributed by atoms with E-state index in [0.717, 1.165) is 24.2 Å². The molecule has 0 aromatic heterocycles. The van der Waals surface area contributed by atoms with Crippen LogP contribution >= 0.6 is 0 Å². The first-order valence-corrected chi connectivity index (χ1v) is 7.64. The number of ether oxygens (including phenoxy) is 1. The van der Waals surface area contributed by atoms with Gasteiger partial charge in [0.1, 0.15) is 5.75 Å². The second-order valence-electron chi connectivity index (χ2n) is 5.92. The van der Waals surface area contributed by atoms with Crippen LogP contribution in [0.15, 0.2) is 24.3 Å². The van der Waals surface area contributed by atoms with Crippen LogP contribution in [0.5, 0.6) is 5.75 Å². The van der Waals surface area contributed by atoms with E-state index in [4.69, 9.17) is 4.74 Å². The predicted octanol–water partition coefficient (Wildman–Crippen LogP) is 3.84. The van der Waals surface area contributed by atoms with Gasteiger partial charge in [-0.15, -0.1) is 0 Å². The number of carbonyl (C=O) groups is 1. The van der Waals surface area contributed by atoms with Crippen molar-refractivity contribution in [3.63, 3.8) is 0 Å². The Labute approximate surface area is 121 Å². The quantitative estimate of drug-likeness (QED) is 0.886. The summed E-state index contributed by atoms with van der Waals surface area (Å²) in [6.07, 6.45) is 4.55. The van der Waals surface area contributed by atoms with Gasteiger partial charge in [-0.25, -0.2) is 0 Å². The van der Waals surface area contributed by atoms with Crippen molar-refractivity contribution in [3.8, 4) is 5.75 Å². The molecular formula is C17H25NO2. The van der Waals surface area contributed by atoms with Gasteiger partial charge in [0.05, 0.1) is 12.1 Å². The Bertz CT molecular complexity index is 450. The molecule has 1 aromatic rings. The largest absolute Gasteiger partial charge is 0.491 e. The Balaban J connectivity index is 2.04. The van der Waals surface area contributed by atoms with Gasteiger partial charge in [0.2, 0.25) is 5.91 Å². The average molecular weight is 275 g/mol. The van der Waals surface area contributed by atoms with Gasteiger partial charge in [-0.3, -0.25) is 4.79 Å². The molecule has 0 heterocycles. The Morgan fingerprint density at radius 1 is 1.20 bits per heavy atom. The Hall–Kier alpha value is -1.51. The highest BCUT2D eigenvalue weighted by Crippen LogP contribution is 2.28. The molecular weight excluding hydrogens is 250 g/mol. The van der Waals surface area contributed by atoms with Crippen LogP contribution in [0.4, 0.5) is 0 Å². The molecule has 0 aliphatic heterocycles. The zero-order valence-corrected chi connectivity index (χ0v) is 12.7. The first-order valence-electron chi connectivity index (χ1n) is 7.64. The lowest BCUT2D eigenvalue weighted by atomic mass is 10.0. The maximum absolute atomic E-state index is 12.2. The molecule has 3 nitrogen and oxygen atoms in total. The van der Waals surface area contributed by atoms with E-state index in [1.165, 1.54) is 12.8 Å². The van der Waals surface area contributed by atoms with E-state index in [2.05, 4.69) is 5.32 Å². The van der Waals surface area contributed by atoms with Gasteiger partial charge in [-0.2, -0.15) is 0 Å². The summed E-state index contributed by atoms with van der Waals surface area (Å²) in [7, 11) is 0. The zero-order valence-electron chi connectivity index (χ0n) is 12.7. The third kappa shape index (κ3) is 3.75. The molecule has 0 spiro atoms. The molecule has 1 amide bonds. The molecule has 1 aliphatic rings. The number of hydrogen-bond acceptors (Lipinski definition) is 2. The highest BCUT2D eigenvalue weighted by Gasteiger charge is 2.24. The first-order chi connectivity index (χ1) is 9.58. The minimum atomic E-state index is -0.0157. The average Bonchev–Trinajstić information content (AvgIpc) is 2.92. The Morgan fingerprint density at radius 2 is 1.85 bits per heavy atom. The second kappa shape index (κ2) is 6.78. The van der Waals surface area contributed by atoms with Gasteiger partial charge in [0.15, 0.2) is 0 Å². The third-order valence-electron chi connectivity index (χ3n) is 3.83. The van der Waals surface area contributed by atoms with Crippen molar-refractivity contribution in [2.45, 2.75) is 58.6 Å². The van der Waals surface area contributed by atoms with E-state index in [-0.39, 0.29) is 24.0 Å². The molecule has 1 N–H and O–H groups in total. The number of amides is 1. The summed E-state index contributed by atoms with van der Waals surface area (Å²) in [4.78, 5) is 12.2. The summed E-state index contributed by atoms with van der Waals surface area (Å²) in [6, 6.07) is 7.93. The molecule has 1 saturated carbocycles. The van der Waals surface area contributed by atoms with Gasteiger partial charge in [-0.05, 0) is 39.7 Å². The number of benzene rings is 1. The molecule has 0 radical (unpaired) electrons. The van der Waals surface area contributed by atoms with E-state index in [0.29, 0.717) is 0 Å². The fraction of sp³-hybridized carbons (Fsp3) is 0.588. The lowest BCUT2D eigenvalue weighted by Crippen LogP contribution is -2.31. The lowest BCUT2D eigenvalue weighted by molar-refractivity contribution is -0.125. The normalized spacial score (nSPS) is 17.2. The number of carbonyl (C=O) groups excluding carboxylic acids is 1. The van der Waals surface area contributed by atoms with Crippen LogP contribution in [0.1, 0.15) is 58.1 Å². The Morgan fingerprint density at radius 3 is 2.50 bits per heavy atom. The molecule has 110 valence electrons. The summed E-state index contributed by atoms with van der Waals surface area (Å²) in [5.74, 6) is 1.26. The van der Waals surface area contributed by atoms with E-state index < -0.39 is 0 Å². The molecule has 1 atom stereocenters. The standard InChI is InChI=1S/C17H25NO2/c1-12(2)20-16-11-7-6-10-15(16)13(3)18-17(19)14-8-4-5-9-14/h6-7,10-14H,4-5,8-9H2,1-3H3,(H,18,19). The van der Waals surface area contributed by atoms with Gasteiger partial charge in [0, 0.05) is 11.5 Å². The van der Waals surface area contributed by atoms with Crippen molar-refractivity contribution in [1.82, 2.24) is 5.32 Å². The predicted molar refractivity (Wildman–Crippen MR) is 80.7 cm³/mol. The van der Waals surface area contributed by atoms with Crippen LogP contribution in [-0.4, -0.2) is 12.0 Å². The fourth-order valence-corrected chi connectivity index (χ4v) is 2.80. The highest BCUT2D eigenvalue weighted by molar-refractivity contribution is 5.79. The van der Waals surface area contributed by atoms with Crippen molar-refractivity contribution >= 4 is 5.91 Å². The smallest absolute Gasteiger partial charge is 0.223 e. The minimum absolute atomic E-state index is 0.0157. The molecule has 3 heteroatoms. The number of nitrogens with one attached hydrogen (secondary N) is 1. The van der Waals surface area contributed by atoms with Gasteiger partial charge in [-0.1, -0.05) is 31.0 Å². The maximum atomic E-state index is 12.2. The van der Waals surface area contributed by atoms with Crippen LogP contribution < -0.4 is 10.1 Å². The van der Waals surface area contributed by atoms with Crippen LogP contribution in [0, 0.1) is 5.92 Å². The lowest BCUT2D eigenvalue weighted by Gasteiger charge is -2.21. The van der Waals surface area contributed by atoms with Crippen molar-refractivity contribution in [1.29, 1.82) is 0 Å². The van der Waals surface area contributed by atoms with Crippen LogP contribution in [0.3, 0.4) is 0 Å². The third-order valence-corrected chi connectivity index (χ3v) is 3.83. The monoisotopic (exact) mass is 275 g/mol. The molecule has 1 aromatic carbocycles. The van der Waals surface area contributed by atoms with Crippen molar-refractivity contribution in [3.05, 3.63) is 29.8 Å². The minimum Gasteiger partial charge on any atom is -0.491 e. The van der Waals surface area contributed by atoms with Gasteiger partial charge in [0.25, 0.3) is 0 Å². The van der Waals surface area contributed by atoms with Crippen LogP contribution in [0.25, 0.3) is 0 Å². The van der Waals surface area contributed by atoms with Gasteiger partial charge < -0.3 is 10.1 Å². The van der Waals surface area contributed by atoms with Crippen LogP contribution in [-0.2, 0) is 4.79 Å². The molecule has 0 bridgehead atoms.